The summed E-state index contributed by atoms with van der Waals surface area (Å²) in [6, 6.07) is 6.02. The van der Waals surface area contributed by atoms with Crippen LogP contribution in [0.25, 0.3) is 5.69 Å². The van der Waals surface area contributed by atoms with Crippen LogP contribution in [0.15, 0.2) is 36.7 Å². The molecule has 6 nitrogen and oxygen atoms in total. The van der Waals surface area contributed by atoms with Crippen LogP contribution in [0.2, 0.25) is 0 Å². The van der Waals surface area contributed by atoms with Crippen molar-refractivity contribution in [1.29, 1.82) is 0 Å². The highest BCUT2D eigenvalue weighted by Crippen LogP contribution is 2.21. The van der Waals surface area contributed by atoms with Crippen LogP contribution in [0.1, 0.15) is 53.6 Å². The molecule has 2 heterocycles. The van der Waals surface area contributed by atoms with Gasteiger partial charge in [0.2, 0.25) is 0 Å². The van der Waals surface area contributed by atoms with Gasteiger partial charge in [0, 0.05) is 24.0 Å². The van der Waals surface area contributed by atoms with Gasteiger partial charge >= 0.3 is 0 Å². The van der Waals surface area contributed by atoms with E-state index in [0.717, 1.165) is 24.2 Å². The summed E-state index contributed by atoms with van der Waals surface area (Å²) in [6.07, 6.45) is 4.44. The largest absolute Gasteiger partial charge is 0.345 e. The van der Waals surface area contributed by atoms with Crippen LogP contribution in [-0.2, 0) is 6.54 Å². The minimum absolute atomic E-state index is 0.166. The molecule has 0 bridgehead atoms. The number of aryl methyl sites for hydroxylation is 2. The molecule has 1 aromatic carbocycles. The lowest BCUT2D eigenvalue weighted by Gasteiger charge is -2.14. The third-order valence-electron chi connectivity index (χ3n) is 4.56. The van der Waals surface area contributed by atoms with Crippen molar-refractivity contribution in [2.45, 2.75) is 46.7 Å². The summed E-state index contributed by atoms with van der Waals surface area (Å²) in [5, 5.41) is 11.7. The number of carbonyl (C=O) groups excluding carboxylic acids is 1. The molecule has 0 aliphatic heterocycles. The number of nitrogens with one attached hydrogen (secondary N) is 1. The van der Waals surface area contributed by atoms with E-state index in [2.05, 4.69) is 22.4 Å². The molecule has 27 heavy (non-hydrogen) atoms. The van der Waals surface area contributed by atoms with E-state index in [9.17, 15) is 9.18 Å². The van der Waals surface area contributed by atoms with Gasteiger partial charge in [-0.15, -0.1) is 0 Å². The summed E-state index contributed by atoms with van der Waals surface area (Å²) in [4.78, 5) is 12.7. The standard InChI is InChI=1S/C20H24FN5O/c1-5-9-25-12-19(14(3)24-25)20(27)23-13(2)18-11-22-26(15(18)4)17-8-6-7-16(21)10-17/h6-8,10-13H,5,9H2,1-4H3,(H,23,27). The smallest absolute Gasteiger partial charge is 0.255 e. The quantitative estimate of drug-likeness (QED) is 0.720. The average molecular weight is 369 g/mol. The molecule has 0 radical (unpaired) electrons. The molecule has 142 valence electrons. The van der Waals surface area contributed by atoms with E-state index in [1.165, 1.54) is 12.1 Å². The summed E-state index contributed by atoms with van der Waals surface area (Å²) < 4.78 is 17.0. The normalized spacial score (nSPS) is 12.2. The molecular formula is C20H24FN5O. The van der Waals surface area contributed by atoms with Gasteiger partial charge < -0.3 is 5.32 Å². The zero-order chi connectivity index (χ0) is 19.6. The molecule has 7 heteroatoms. The molecule has 0 spiro atoms. The Balaban J connectivity index is 1.79. The van der Waals surface area contributed by atoms with Gasteiger partial charge in [-0.25, -0.2) is 9.07 Å². The van der Waals surface area contributed by atoms with E-state index in [1.54, 1.807) is 33.9 Å². The molecule has 1 N–H and O–H groups in total. The van der Waals surface area contributed by atoms with Gasteiger partial charge in [-0.1, -0.05) is 13.0 Å². The highest BCUT2D eigenvalue weighted by Gasteiger charge is 2.19. The van der Waals surface area contributed by atoms with Crippen molar-refractivity contribution in [2.75, 3.05) is 0 Å². The average Bonchev–Trinajstić information content (AvgIpc) is 3.18. The summed E-state index contributed by atoms with van der Waals surface area (Å²) >= 11 is 0. The van der Waals surface area contributed by atoms with Gasteiger partial charge in [0.25, 0.3) is 5.91 Å². The molecule has 0 aliphatic carbocycles. The molecule has 1 atom stereocenters. The second-order valence-corrected chi connectivity index (χ2v) is 6.66. The Bertz CT molecular complexity index is 959. The molecule has 0 aliphatic rings. The van der Waals surface area contributed by atoms with E-state index in [1.807, 2.05) is 20.8 Å². The minimum atomic E-state index is -0.315. The monoisotopic (exact) mass is 369 g/mol. The van der Waals surface area contributed by atoms with Crippen molar-refractivity contribution >= 4 is 5.91 Å². The number of amides is 1. The molecule has 2 aromatic heterocycles. The molecular weight excluding hydrogens is 345 g/mol. The zero-order valence-electron chi connectivity index (χ0n) is 16.0. The fourth-order valence-corrected chi connectivity index (χ4v) is 3.15. The van der Waals surface area contributed by atoms with Gasteiger partial charge in [0.15, 0.2) is 0 Å². The van der Waals surface area contributed by atoms with Crippen molar-refractivity contribution < 1.29 is 9.18 Å². The minimum Gasteiger partial charge on any atom is -0.345 e. The van der Waals surface area contributed by atoms with E-state index < -0.39 is 0 Å². The van der Waals surface area contributed by atoms with Crippen molar-refractivity contribution in [3.63, 3.8) is 0 Å². The number of benzene rings is 1. The number of aromatic nitrogens is 4. The highest BCUT2D eigenvalue weighted by atomic mass is 19.1. The predicted octanol–water partition coefficient (Wildman–Crippen LogP) is 3.73. The zero-order valence-corrected chi connectivity index (χ0v) is 16.0. The van der Waals surface area contributed by atoms with E-state index in [0.29, 0.717) is 16.9 Å². The van der Waals surface area contributed by atoms with E-state index in [-0.39, 0.29) is 17.8 Å². The lowest BCUT2D eigenvalue weighted by atomic mass is 10.1. The second-order valence-electron chi connectivity index (χ2n) is 6.66. The van der Waals surface area contributed by atoms with Crippen molar-refractivity contribution in [3.05, 3.63) is 65.0 Å². The van der Waals surface area contributed by atoms with Crippen LogP contribution in [0, 0.1) is 19.7 Å². The molecule has 3 rings (SSSR count). The second kappa shape index (κ2) is 7.73. The summed E-state index contributed by atoms with van der Waals surface area (Å²) in [6.45, 7) is 8.49. The number of nitrogens with zero attached hydrogens (tertiary/aromatic N) is 4. The number of hydrogen-bond donors (Lipinski definition) is 1. The van der Waals surface area contributed by atoms with Gasteiger partial charge in [-0.2, -0.15) is 10.2 Å². The summed E-state index contributed by atoms with van der Waals surface area (Å²) in [5.41, 5.74) is 3.66. The molecule has 0 saturated carbocycles. The van der Waals surface area contributed by atoms with Gasteiger partial charge in [-0.05, 0) is 45.4 Å². The van der Waals surface area contributed by atoms with Crippen LogP contribution >= 0.6 is 0 Å². The molecule has 0 fully saturated rings. The first-order valence-corrected chi connectivity index (χ1v) is 9.06. The number of hydrogen-bond acceptors (Lipinski definition) is 3. The number of carbonyl (C=O) groups is 1. The lowest BCUT2D eigenvalue weighted by molar-refractivity contribution is 0.0939. The van der Waals surface area contributed by atoms with Gasteiger partial charge in [0.05, 0.1) is 29.2 Å². The van der Waals surface area contributed by atoms with Crippen LogP contribution in [-0.4, -0.2) is 25.5 Å². The summed E-state index contributed by atoms with van der Waals surface area (Å²) in [7, 11) is 0. The topological polar surface area (TPSA) is 64.7 Å². The predicted molar refractivity (Wildman–Crippen MR) is 101 cm³/mol. The fraction of sp³-hybridized carbons (Fsp3) is 0.350. The van der Waals surface area contributed by atoms with E-state index in [4.69, 9.17) is 0 Å². The Hall–Kier alpha value is -2.96. The molecule has 0 saturated heterocycles. The Labute approximate surface area is 158 Å². The maximum absolute atomic E-state index is 13.5. The third-order valence-corrected chi connectivity index (χ3v) is 4.56. The third kappa shape index (κ3) is 3.92. The SMILES string of the molecule is CCCn1cc(C(=O)NC(C)c2cnn(-c3cccc(F)c3)c2C)c(C)n1. The first-order chi connectivity index (χ1) is 12.9. The lowest BCUT2D eigenvalue weighted by Crippen LogP contribution is -2.27. The van der Waals surface area contributed by atoms with Crippen LogP contribution in [0.5, 0.6) is 0 Å². The van der Waals surface area contributed by atoms with Crippen LogP contribution < -0.4 is 5.32 Å². The van der Waals surface area contributed by atoms with Crippen LogP contribution in [0.3, 0.4) is 0 Å². The number of rotatable bonds is 6. The fourth-order valence-electron chi connectivity index (χ4n) is 3.15. The van der Waals surface area contributed by atoms with Crippen molar-refractivity contribution in [2.24, 2.45) is 0 Å². The van der Waals surface area contributed by atoms with Gasteiger partial charge in [-0.3, -0.25) is 9.48 Å². The molecule has 1 unspecified atom stereocenters. The maximum atomic E-state index is 13.5. The van der Waals surface area contributed by atoms with Crippen molar-refractivity contribution in [3.8, 4) is 5.69 Å². The maximum Gasteiger partial charge on any atom is 0.255 e. The van der Waals surface area contributed by atoms with E-state index >= 15 is 0 Å². The van der Waals surface area contributed by atoms with Crippen LogP contribution in [0.4, 0.5) is 4.39 Å². The Morgan fingerprint density at radius 1 is 1.33 bits per heavy atom. The van der Waals surface area contributed by atoms with Gasteiger partial charge in [0.1, 0.15) is 5.82 Å². The number of halogens is 1. The Morgan fingerprint density at radius 3 is 2.81 bits per heavy atom. The first kappa shape index (κ1) is 18.8. The Morgan fingerprint density at radius 2 is 2.11 bits per heavy atom. The van der Waals surface area contributed by atoms with Crippen molar-refractivity contribution in [1.82, 2.24) is 24.9 Å². The summed E-state index contributed by atoms with van der Waals surface area (Å²) in [5.74, 6) is -0.481. The molecule has 3 aromatic rings. The highest BCUT2D eigenvalue weighted by molar-refractivity contribution is 5.95. The molecule has 1 amide bonds. The first-order valence-electron chi connectivity index (χ1n) is 9.06. The Kier molecular flexibility index (Phi) is 5.39.